The van der Waals surface area contributed by atoms with Crippen molar-refractivity contribution in [1.82, 2.24) is 31.1 Å². The zero-order valence-corrected chi connectivity index (χ0v) is 33.8. The molecule has 2 saturated heterocycles. The molecule has 14 nitrogen and oxygen atoms in total. The Hall–Kier alpha value is -4.92. The Morgan fingerprint density at radius 2 is 1.48 bits per heavy atom. The van der Waals surface area contributed by atoms with Crippen molar-refractivity contribution in [1.29, 1.82) is 0 Å². The van der Waals surface area contributed by atoms with Gasteiger partial charge < -0.3 is 46.3 Å². The second-order valence-corrected chi connectivity index (χ2v) is 15.6. The van der Waals surface area contributed by atoms with E-state index in [2.05, 4.69) is 27.8 Å². The number of primary amides is 1. The quantitative estimate of drug-likeness (QED) is 0.0991. The summed E-state index contributed by atoms with van der Waals surface area (Å²) in [6.45, 7) is 5.82. The molecule has 0 bridgehead atoms. The van der Waals surface area contributed by atoms with E-state index in [0.717, 1.165) is 47.7 Å². The number of thioether (sulfide) groups is 1. The van der Waals surface area contributed by atoms with Crippen molar-refractivity contribution in [2.45, 2.75) is 88.1 Å². The van der Waals surface area contributed by atoms with Crippen LogP contribution in [0.5, 0.6) is 11.5 Å². The second kappa shape index (κ2) is 22.6. The van der Waals surface area contributed by atoms with Crippen LogP contribution in [0.1, 0.15) is 63.0 Å². The van der Waals surface area contributed by atoms with Gasteiger partial charge in [-0.05, 0) is 80.3 Å². The van der Waals surface area contributed by atoms with Crippen molar-refractivity contribution < 1.29 is 33.4 Å². The van der Waals surface area contributed by atoms with Crippen LogP contribution in [-0.2, 0) is 36.8 Å². The van der Waals surface area contributed by atoms with Crippen molar-refractivity contribution in [2.24, 2.45) is 5.73 Å². The van der Waals surface area contributed by atoms with Crippen molar-refractivity contribution in [3.63, 3.8) is 0 Å². The molecule has 0 aromatic heterocycles. The molecule has 56 heavy (non-hydrogen) atoms. The van der Waals surface area contributed by atoms with Crippen LogP contribution in [0.3, 0.4) is 0 Å². The molecule has 4 atom stereocenters. The number of nitrogens with zero attached hydrogens (tertiary/aromatic N) is 2. The van der Waals surface area contributed by atoms with Gasteiger partial charge in [-0.15, -0.1) is 0 Å². The summed E-state index contributed by atoms with van der Waals surface area (Å²) in [7, 11) is 3.17. The molecular weight excluding hydrogens is 735 g/mol. The third-order valence-corrected chi connectivity index (χ3v) is 11.7. The third-order valence-electron chi connectivity index (χ3n) is 10.2. The van der Waals surface area contributed by atoms with Gasteiger partial charge in [0.25, 0.3) is 0 Å². The Bertz CT molecular complexity index is 1620. The normalized spacial score (nSPS) is 17.5. The summed E-state index contributed by atoms with van der Waals surface area (Å²) in [4.78, 5) is 67.2. The third kappa shape index (κ3) is 14.3. The van der Waals surface area contributed by atoms with Crippen LogP contribution in [0.15, 0.2) is 60.9 Å². The lowest BCUT2D eigenvalue weighted by Crippen LogP contribution is -2.51. The maximum Gasteiger partial charge on any atom is 0.242 e. The monoisotopic (exact) mass is 793 g/mol. The minimum Gasteiger partial charge on any atom is -0.497 e. The highest BCUT2D eigenvalue weighted by Crippen LogP contribution is 2.34. The standard InChI is InChI=1S/C41H59N7O7S/c1-28-44-35-27-56-36(40(35)45-28)10-5-6-11-37(50)43-22-8-7-9-34(41(42)53)46-38(51)25-48(24-21-31-14-18-33(55-4)19-15-31)39(52)26-47(29(2)49)23-20-30-12-16-32(54-3)17-13-30/h12-19,34-36,40,44-45H,1,5-11,20-27H2,2-4H3,(H2,42,53)(H,43,50)(H,46,51)/t34-,35+,36?,40+/m0/s1. The first-order valence-corrected chi connectivity index (χ1v) is 20.5. The Morgan fingerprint density at radius 1 is 0.857 bits per heavy atom. The van der Waals surface area contributed by atoms with E-state index in [1.807, 2.05) is 60.3 Å². The van der Waals surface area contributed by atoms with Gasteiger partial charge in [0.15, 0.2) is 0 Å². The van der Waals surface area contributed by atoms with E-state index in [4.69, 9.17) is 15.2 Å². The first-order chi connectivity index (χ1) is 26.9. The van der Waals surface area contributed by atoms with E-state index < -0.39 is 23.8 Å². The molecule has 0 radical (unpaired) electrons. The average molecular weight is 794 g/mol. The van der Waals surface area contributed by atoms with Gasteiger partial charge in [-0.2, -0.15) is 11.8 Å². The first-order valence-electron chi connectivity index (χ1n) is 19.4. The van der Waals surface area contributed by atoms with Gasteiger partial charge in [0.1, 0.15) is 17.5 Å². The number of amides is 5. The molecule has 15 heteroatoms. The summed E-state index contributed by atoms with van der Waals surface area (Å²) in [5, 5.41) is 13.0. The van der Waals surface area contributed by atoms with Gasteiger partial charge in [-0.3, -0.25) is 24.0 Å². The number of hydrogen-bond donors (Lipinski definition) is 5. The zero-order valence-electron chi connectivity index (χ0n) is 33.0. The van der Waals surface area contributed by atoms with Crippen molar-refractivity contribution >= 4 is 41.3 Å². The minimum absolute atomic E-state index is 0.000731. The van der Waals surface area contributed by atoms with E-state index >= 15 is 0 Å². The summed E-state index contributed by atoms with van der Waals surface area (Å²) in [5.41, 5.74) is 7.58. The molecule has 306 valence electrons. The number of carbonyl (C=O) groups is 5. The number of methoxy groups -OCH3 is 2. The maximum atomic E-state index is 13.7. The lowest BCUT2D eigenvalue weighted by Gasteiger charge is -2.27. The number of fused-ring (bicyclic) bond motifs is 1. The van der Waals surface area contributed by atoms with E-state index in [-0.39, 0.29) is 37.9 Å². The molecule has 2 aliphatic rings. The van der Waals surface area contributed by atoms with Crippen molar-refractivity contribution in [3.05, 3.63) is 72.1 Å². The number of benzene rings is 2. The highest BCUT2D eigenvalue weighted by Gasteiger charge is 2.40. The molecule has 6 N–H and O–H groups in total. The smallest absolute Gasteiger partial charge is 0.242 e. The Labute approximate surface area is 335 Å². The van der Waals surface area contributed by atoms with E-state index in [9.17, 15) is 24.0 Å². The predicted molar refractivity (Wildman–Crippen MR) is 218 cm³/mol. The fourth-order valence-corrected chi connectivity index (χ4v) is 8.43. The predicted octanol–water partition coefficient (Wildman–Crippen LogP) is 2.50. The van der Waals surface area contributed by atoms with Gasteiger partial charge in [0, 0.05) is 44.0 Å². The topological polar surface area (TPSA) is 184 Å². The Morgan fingerprint density at radius 3 is 2.07 bits per heavy atom. The molecular formula is C41H59N7O7S. The lowest BCUT2D eigenvalue weighted by molar-refractivity contribution is -0.141. The summed E-state index contributed by atoms with van der Waals surface area (Å²) in [5.74, 6) is 1.51. The molecule has 0 aliphatic carbocycles. The van der Waals surface area contributed by atoms with Crippen LogP contribution >= 0.6 is 11.8 Å². The van der Waals surface area contributed by atoms with E-state index in [1.54, 1.807) is 14.2 Å². The summed E-state index contributed by atoms with van der Waals surface area (Å²) in [6, 6.07) is 14.8. The van der Waals surface area contributed by atoms with Crippen LogP contribution in [0.25, 0.3) is 0 Å². The minimum atomic E-state index is -0.940. The molecule has 2 aromatic carbocycles. The SMILES string of the molecule is C=C1N[C@@H]2CSC(CCCCC(=O)NCCCC[C@H](NC(=O)CN(CCc3ccc(OC)cc3)C(=O)CN(CCc3ccc(OC)cc3)C(C)=O)C(N)=O)[C@@H]2N1. The molecule has 5 amide bonds. The lowest BCUT2D eigenvalue weighted by atomic mass is 10.0. The molecule has 2 aromatic rings. The number of nitrogens with one attached hydrogen (secondary N) is 4. The number of carbonyl (C=O) groups excluding carboxylic acids is 5. The van der Waals surface area contributed by atoms with Gasteiger partial charge in [0.2, 0.25) is 29.5 Å². The van der Waals surface area contributed by atoms with Crippen molar-refractivity contribution in [2.75, 3.05) is 52.7 Å². The van der Waals surface area contributed by atoms with Crippen LogP contribution in [0, 0.1) is 0 Å². The highest BCUT2D eigenvalue weighted by molar-refractivity contribution is 8.00. The molecule has 0 saturated carbocycles. The molecule has 2 fully saturated rings. The average Bonchev–Trinajstić information content (AvgIpc) is 3.74. The molecule has 2 heterocycles. The number of unbranched alkanes of at least 4 members (excludes halogenated alkanes) is 2. The van der Waals surface area contributed by atoms with E-state index in [0.29, 0.717) is 68.3 Å². The highest BCUT2D eigenvalue weighted by atomic mass is 32.2. The Balaban J connectivity index is 1.22. The summed E-state index contributed by atoms with van der Waals surface area (Å²) in [6.07, 6.45) is 5.74. The van der Waals surface area contributed by atoms with Crippen molar-refractivity contribution in [3.8, 4) is 11.5 Å². The number of nitrogens with two attached hydrogens (primary N) is 1. The fraction of sp³-hybridized carbons (Fsp3) is 0.537. The molecule has 4 rings (SSSR count). The second-order valence-electron chi connectivity index (χ2n) is 14.3. The fourth-order valence-electron chi connectivity index (χ4n) is 6.88. The summed E-state index contributed by atoms with van der Waals surface area (Å²) >= 11 is 1.97. The largest absolute Gasteiger partial charge is 0.497 e. The van der Waals surface area contributed by atoms with Crippen LogP contribution in [-0.4, -0.2) is 115 Å². The summed E-state index contributed by atoms with van der Waals surface area (Å²) < 4.78 is 10.5. The number of hydrogen-bond acceptors (Lipinski definition) is 10. The van der Waals surface area contributed by atoms with Crippen LogP contribution in [0.4, 0.5) is 0 Å². The molecule has 0 spiro atoms. The number of rotatable bonds is 24. The molecule has 2 aliphatic heterocycles. The maximum absolute atomic E-state index is 13.7. The van der Waals surface area contributed by atoms with Gasteiger partial charge in [-0.25, -0.2) is 0 Å². The van der Waals surface area contributed by atoms with Crippen LogP contribution in [0.2, 0.25) is 0 Å². The first kappa shape index (κ1) is 43.8. The van der Waals surface area contributed by atoms with Gasteiger partial charge in [0.05, 0.1) is 45.2 Å². The molecule has 1 unspecified atom stereocenters. The number of ether oxygens (including phenoxy) is 2. The van der Waals surface area contributed by atoms with Gasteiger partial charge >= 0.3 is 0 Å². The zero-order chi connectivity index (χ0) is 40.5. The van der Waals surface area contributed by atoms with Crippen LogP contribution < -0.4 is 36.5 Å². The van der Waals surface area contributed by atoms with E-state index in [1.165, 1.54) is 16.7 Å². The van der Waals surface area contributed by atoms with Gasteiger partial charge in [-0.1, -0.05) is 37.3 Å². The Kier molecular flexibility index (Phi) is 17.7.